The van der Waals surface area contributed by atoms with Crippen molar-refractivity contribution in [3.8, 4) is 6.07 Å². The van der Waals surface area contributed by atoms with Gasteiger partial charge in [-0.05, 0) is 38.5 Å². The van der Waals surface area contributed by atoms with Crippen molar-refractivity contribution in [1.29, 1.82) is 5.26 Å². The van der Waals surface area contributed by atoms with E-state index in [1.165, 1.54) is 13.8 Å². The number of aryl methyl sites for hydroxylation is 1. The summed E-state index contributed by atoms with van der Waals surface area (Å²) in [7, 11) is 0. The third-order valence-electron chi connectivity index (χ3n) is 5.12. The number of benzene rings is 1. The highest BCUT2D eigenvalue weighted by Gasteiger charge is 2.77. The molecule has 1 aromatic heterocycles. The van der Waals surface area contributed by atoms with Crippen molar-refractivity contribution in [2.24, 2.45) is 5.41 Å². The van der Waals surface area contributed by atoms with Crippen LogP contribution in [0.3, 0.4) is 0 Å². The average Bonchev–Trinajstić information content (AvgIpc) is 3.22. The molecule has 3 atom stereocenters. The number of nitrogens with zero attached hydrogens (tertiary/aromatic N) is 3. The summed E-state index contributed by atoms with van der Waals surface area (Å²) in [6, 6.07) is 8.35. The molecule has 1 saturated carbocycles. The fraction of sp³-hybridized carbons (Fsp3) is 0.368. The van der Waals surface area contributed by atoms with E-state index in [1.807, 2.05) is 6.07 Å². The van der Waals surface area contributed by atoms with Gasteiger partial charge >= 0.3 is 11.7 Å². The summed E-state index contributed by atoms with van der Waals surface area (Å²) in [5.74, 6) is -3.00. The molecule has 1 aliphatic rings. The molecule has 1 aliphatic carbocycles. The van der Waals surface area contributed by atoms with Gasteiger partial charge in [-0.25, -0.2) is 0 Å². The Morgan fingerprint density at radius 1 is 1.36 bits per heavy atom. The summed E-state index contributed by atoms with van der Waals surface area (Å²) < 4.78 is 10.3. The lowest BCUT2D eigenvalue weighted by molar-refractivity contribution is -0.386. The Bertz CT molecular complexity index is 1000. The lowest BCUT2D eigenvalue weighted by Crippen LogP contribution is -2.29. The largest absolute Gasteiger partial charge is 0.465 e. The van der Waals surface area contributed by atoms with Crippen molar-refractivity contribution in [1.82, 2.24) is 5.16 Å². The monoisotopic (exact) mass is 383 g/mol. The number of esters is 1. The first-order valence-electron chi connectivity index (χ1n) is 8.59. The summed E-state index contributed by atoms with van der Waals surface area (Å²) in [5, 5.41) is 24.2. The van der Waals surface area contributed by atoms with E-state index in [9.17, 15) is 19.7 Å². The van der Waals surface area contributed by atoms with Crippen molar-refractivity contribution < 1.29 is 23.8 Å². The molecule has 28 heavy (non-hydrogen) atoms. The fourth-order valence-electron chi connectivity index (χ4n) is 3.86. The van der Waals surface area contributed by atoms with Gasteiger partial charge in [0.15, 0.2) is 5.69 Å². The molecule has 0 spiro atoms. The predicted octanol–water partition coefficient (Wildman–Crippen LogP) is 2.78. The van der Waals surface area contributed by atoms with E-state index in [0.717, 1.165) is 0 Å². The van der Waals surface area contributed by atoms with Gasteiger partial charge in [-0.1, -0.05) is 17.3 Å². The minimum absolute atomic E-state index is 0.0538. The standard InChI is InChI=1S/C19H17N3O6/c1-4-27-18(24)19(11(3)23)14(13-7-5-12(9-20)6-8-13)15(19)17-16(22(25)26)10(2)21-28-17/h5-8,14-15H,4H2,1-3H3/t14-,15+,19-/m1/s1. The van der Waals surface area contributed by atoms with Crippen LogP contribution >= 0.6 is 0 Å². The van der Waals surface area contributed by atoms with Gasteiger partial charge in [0, 0.05) is 5.92 Å². The zero-order chi connectivity index (χ0) is 20.6. The second kappa shape index (κ2) is 6.88. The minimum Gasteiger partial charge on any atom is -0.465 e. The smallest absolute Gasteiger partial charge is 0.334 e. The third-order valence-corrected chi connectivity index (χ3v) is 5.12. The number of rotatable bonds is 6. The number of ketones is 1. The second-order valence-electron chi connectivity index (χ2n) is 6.57. The molecule has 0 saturated heterocycles. The van der Waals surface area contributed by atoms with Crippen LogP contribution in [0.25, 0.3) is 0 Å². The highest BCUT2D eigenvalue weighted by Crippen LogP contribution is 2.72. The number of hydrogen-bond acceptors (Lipinski definition) is 8. The van der Waals surface area contributed by atoms with E-state index in [0.29, 0.717) is 11.1 Å². The minimum atomic E-state index is -1.64. The lowest BCUT2D eigenvalue weighted by atomic mass is 9.93. The van der Waals surface area contributed by atoms with Crippen LogP contribution in [-0.2, 0) is 14.3 Å². The summed E-state index contributed by atoms with van der Waals surface area (Å²) in [4.78, 5) is 36.3. The number of ether oxygens (including phenoxy) is 1. The maximum atomic E-state index is 12.8. The summed E-state index contributed by atoms with van der Waals surface area (Å²) >= 11 is 0. The Hall–Kier alpha value is -3.54. The molecule has 0 amide bonds. The van der Waals surface area contributed by atoms with E-state index in [1.54, 1.807) is 31.2 Å². The summed E-state index contributed by atoms with van der Waals surface area (Å²) in [6.07, 6.45) is 0. The molecule has 144 valence electrons. The SMILES string of the molecule is CCOC(=O)[C@]1(C(C)=O)[C@H](c2ccc(C#N)cc2)[C@H]1c1onc(C)c1[N+](=O)[O-]. The second-order valence-corrected chi connectivity index (χ2v) is 6.57. The molecule has 9 heteroatoms. The number of carbonyl (C=O) groups is 2. The van der Waals surface area contributed by atoms with Crippen molar-refractivity contribution in [3.63, 3.8) is 0 Å². The number of aromatic nitrogens is 1. The van der Waals surface area contributed by atoms with Crippen LogP contribution in [0.4, 0.5) is 5.69 Å². The highest BCUT2D eigenvalue weighted by molar-refractivity contribution is 6.09. The molecule has 0 bridgehead atoms. The van der Waals surface area contributed by atoms with Gasteiger partial charge < -0.3 is 9.26 Å². The van der Waals surface area contributed by atoms with Crippen LogP contribution in [0.15, 0.2) is 28.8 Å². The topological polar surface area (TPSA) is 136 Å². The molecule has 1 heterocycles. The molecule has 0 radical (unpaired) electrons. The molecule has 1 aromatic carbocycles. The summed E-state index contributed by atoms with van der Waals surface area (Å²) in [6.45, 7) is 4.34. The fourth-order valence-corrected chi connectivity index (χ4v) is 3.86. The maximum absolute atomic E-state index is 12.8. The molecule has 0 N–H and O–H groups in total. The molecule has 1 fully saturated rings. The Kier molecular flexibility index (Phi) is 4.73. The molecule has 0 aliphatic heterocycles. The van der Waals surface area contributed by atoms with Crippen LogP contribution in [0, 0.1) is 33.8 Å². The van der Waals surface area contributed by atoms with Crippen LogP contribution in [0.5, 0.6) is 0 Å². The van der Waals surface area contributed by atoms with Crippen molar-refractivity contribution in [2.75, 3.05) is 6.61 Å². The van der Waals surface area contributed by atoms with Gasteiger partial charge in [0.05, 0.1) is 29.1 Å². The Balaban J connectivity index is 2.19. The van der Waals surface area contributed by atoms with E-state index in [2.05, 4.69) is 5.16 Å². The molecular weight excluding hydrogens is 366 g/mol. The molecule has 2 aromatic rings. The Morgan fingerprint density at radius 3 is 2.50 bits per heavy atom. The number of carbonyl (C=O) groups excluding carboxylic acids is 2. The highest BCUT2D eigenvalue weighted by atomic mass is 16.6. The van der Waals surface area contributed by atoms with E-state index >= 15 is 0 Å². The first-order valence-corrected chi connectivity index (χ1v) is 8.59. The van der Waals surface area contributed by atoms with Crippen LogP contribution < -0.4 is 0 Å². The zero-order valence-electron chi connectivity index (χ0n) is 15.5. The van der Waals surface area contributed by atoms with Crippen molar-refractivity contribution in [3.05, 3.63) is 57.0 Å². The molecule has 3 rings (SSSR count). The average molecular weight is 383 g/mol. The Morgan fingerprint density at radius 2 is 2.00 bits per heavy atom. The molecule has 0 unspecified atom stereocenters. The van der Waals surface area contributed by atoms with Gasteiger partial charge in [-0.15, -0.1) is 0 Å². The molecule has 9 nitrogen and oxygen atoms in total. The van der Waals surface area contributed by atoms with E-state index in [4.69, 9.17) is 14.5 Å². The van der Waals surface area contributed by atoms with Crippen LogP contribution in [0.2, 0.25) is 0 Å². The van der Waals surface area contributed by atoms with Gasteiger partial charge in [-0.2, -0.15) is 5.26 Å². The van der Waals surface area contributed by atoms with Gasteiger partial charge in [0.2, 0.25) is 5.76 Å². The van der Waals surface area contributed by atoms with E-state index in [-0.39, 0.29) is 23.7 Å². The number of Topliss-reactive ketones (excluding diaryl/α,β-unsaturated/α-hetero) is 1. The van der Waals surface area contributed by atoms with Gasteiger partial charge in [0.1, 0.15) is 11.2 Å². The molecular formula is C19H17N3O6. The maximum Gasteiger partial charge on any atom is 0.334 e. The van der Waals surface area contributed by atoms with E-state index < -0.39 is 33.9 Å². The predicted molar refractivity (Wildman–Crippen MR) is 94.3 cm³/mol. The number of nitriles is 1. The van der Waals surface area contributed by atoms with Crippen molar-refractivity contribution >= 4 is 17.4 Å². The third kappa shape index (κ3) is 2.65. The first-order chi connectivity index (χ1) is 13.3. The van der Waals surface area contributed by atoms with Crippen LogP contribution in [0.1, 0.15) is 48.3 Å². The summed E-state index contributed by atoms with van der Waals surface area (Å²) in [5.41, 5.74) is -0.938. The zero-order valence-corrected chi connectivity index (χ0v) is 15.5. The normalized spacial score (nSPS) is 22.9. The number of nitro groups is 1. The van der Waals surface area contributed by atoms with Crippen LogP contribution in [-0.4, -0.2) is 28.4 Å². The Labute approximate surface area is 160 Å². The number of hydrogen-bond donors (Lipinski definition) is 0. The first kappa shape index (κ1) is 19.2. The van der Waals surface area contributed by atoms with Gasteiger partial charge in [-0.3, -0.25) is 19.7 Å². The quantitative estimate of drug-likeness (QED) is 0.321. The van der Waals surface area contributed by atoms with Gasteiger partial charge in [0.25, 0.3) is 0 Å². The van der Waals surface area contributed by atoms with Crippen molar-refractivity contribution in [2.45, 2.75) is 32.6 Å². The lowest BCUT2D eigenvalue weighted by Gasteiger charge is -2.13.